The first-order chi connectivity index (χ1) is 8.06. The molecule has 2 aromatic rings. The first-order valence-corrected chi connectivity index (χ1v) is 7.47. The molecule has 7 heteroatoms. The van der Waals surface area contributed by atoms with Gasteiger partial charge in [-0.05, 0) is 0 Å². The number of hydrogen-bond acceptors (Lipinski definition) is 0. The van der Waals surface area contributed by atoms with E-state index < -0.39 is 18.1 Å². The van der Waals surface area contributed by atoms with E-state index in [9.17, 15) is 16.8 Å². The van der Waals surface area contributed by atoms with E-state index in [0.29, 0.717) is 0 Å². The Balaban J connectivity index is 2.87. The number of imidazole rings is 1. The fraction of sp³-hybridized carbons (Fsp3) is 0.182. The Kier molecular flexibility index (Phi) is 2.26. The molecule has 0 bridgehead atoms. The quantitative estimate of drug-likeness (QED) is 0.454. The van der Waals surface area contributed by atoms with Gasteiger partial charge in [-0.1, -0.05) is 0 Å². The Morgan fingerprint density at radius 2 is 1.61 bits per heavy atom. The molecule has 1 aromatic carbocycles. The third kappa shape index (κ3) is 1.72. The van der Waals surface area contributed by atoms with Gasteiger partial charge in [0.15, 0.2) is 0 Å². The zero-order chi connectivity index (χ0) is 13.7. The molecular formula is C11H13F4N2P. The van der Waals surface area contributed by atoms with Crippen molar-refractivity contribution in [1.29, 1.82) is 0 Å². The van der Waals surface area contributed by atoms with Crippen molar-refractivity contribution in [3.63, 3.8) is 0 Å². The summed E-state index contributed by atoms with van der Waals surface area (Å²) < 4.78 is 59.1. The summed E-state index contributed by atoms with van der Waals surface area (Å²) in [7, 11) is -6.38. The minimum atomic E-state index is -8.75. The molecule has 2 nitrogen and oxygen atoms in total. The third-order valence-electron chi connectivity index (χ3n) is 2.82. The first-order valence-electron chi connectivity index (χ1n) is 5.23. The van der Waals surface area contributed by atoms with Crippen LogP contribution in [0.5, 0.6) is 0 Å². The van der Waals surface area contributed by atoms with E-state index in [4.69, 9.17) is 0 Å². The van der Waals surface area contributed by atoms with Gasteiger partial charge in [-0.2, -0.15) is 0 Å². The average Bonchev–Trinajstić information content (AvgIpc) is 2.60. The molecule has 0 amide bonds. The van der Waals surface area contributed by atoms with Crippen LogP contribution < -0.4 is 15.4 Å². The van der Waals surface area contributed by atoms with Gasteiger partial charge in [0.05, 0.1) is 0 Å². The summed E-state index contributed by atoms with van der Waals surface area (Å²) in [6, 6.07) is 5.32. The molecule has 2 rings (SSSR count). The van der Waals surface area contributed by atoms with Crippen LogP contribution in [0, 0.1) is 0 Å². The number of aromatic nitrogens is 2. The van der Waals surface area contributed by atoms with Crippen LogP contribution in [0.4, 0.5) is 16.8 Å². The first kappa shape index (κ1) is 13.0. The van der Waals surface area contributed by atoms with Crippen molar-refractivity contribution in [1.82, 2.24) is 4.57 Å². The number of rotatable bonds is 2. The van der Waals surface area contributed by atoms with Gasteiger partial charge in [0.25, 0.3) is 0 Å². The van der Waals surface area contributed by atoms with Crippen molar-refractivity contribution < 1.29 is 21.4 Å². The summed E-state index contributed by atoms with van der Waals surface area (Å²) in [6.45, 7) is 0. The van der Waals surface area contributed by atoms with E-state index in [-0.39, 0.29) is 0 Å². The summed E-state index contributed by atoms with van der Waals surface area (Å²) in [5.41, 5.74) is -1.26. The van der Waals surface area contributed by atoms with Gasteiger partial charge in [-0.3, -0.25) is 0 Å². The molecule has 0 saturated heterocycles. The van der Waals surface area contributed by atoms with Crippen LogP contribution in [0.25, 0.3) is 0 Å². The Bertz CT molecular complexity index is 580. The zero-order valence-electron chi connectivity index (χ0n) is 9.89. The molecule has 0 saturated carbocycles. The molecule has 1 heterocycles. The summed E-state index contributed by atoms with van der Waals surface area (Å²) >= 11 is 0. The fourth-order valence-electron chi connectivity index (χ4n) is 2.06. The molecule has 0 unspecified atom stereocenters. The van der Waals surface area contributed by atoms with Gasteiger partial charge in [-0.15, -0.1) is 0 Å². The average molecular weight is 280 g/mol. The number of nitrogens with zero attached hydrogens (tertiary/aromatic N) is 2. The van der Waals surface area contributed by atoms with Crippen molar-refractivity contribution in [2.75, 3.05) is 0 Å². The van der Waals surface area contributed by atoms with E-state index in [1.54, 1.807) is 0 Å². The molecule has 0 N–H and O–H groups in total. The summed E-state index contributed by atoms with van der Waals surface area (Å²) in [6.07, 6.45) is 2.36. The Morgan fingerprint density at radius 3 is 2.06 bits per heavy atom. The molecule has 0 radical (unpaired) electrons. The third-order valence-corrected chi connectivity index (χ3v) is 5.60. The van der Waals surface area contributed by atoms with Crippen molar-refractivity contribution in [2.24, 2.45) is 14.1 Å². The molecule has 0 aliphatic carbocycles. The second-order valence-electron chi connectivity index (χ2n) is 4.33. The maximum atomic E-state index is 14.4. The predicted molar refractivity (Wildman–Crippen MR) is 63.7 cm³/mol. The van der Waals surface area contributed by atoms with Crippen molar-refractivity contribution >= 4 is 18.1 Å². The molecule has 100 valence electrons. The van der Waals surface area contributed by atoms with Gasteiger partial charge >= 0.3 is 101 Å². The van der Waals surface area contributed by atoms with E-state index in [1.165, 1.54) is 44.7 Å². The van der Waals surface area contributed by atoms with Crippen LogP contribution in [0.3, 0.4) is 0 Å². The van der Waals surface area contributed by atoms with Crippen LogP contribution in [-0.4, -0.2) is 4.57 Å². The fourth-order valence-corrected chi connectivity index (χ4v) is 4.47. The molecule has 0 aliphatic rings. The van der Waals surface area contributed by atoms with Crippen molar-refractivity contribution in [3.8, 4) is 0 Å². The van der Waals surface area contributed by atoms with Gasteiger partial charge in [0, 0.05) is 0 Å². The molecule has 18 heavy (non-hydrogen) atoms. The number of aryl methyl sites for hydroxylation is 2. The van der Waals surface area contributed by atoms with Crippen LogP contribution in [0.1, 0.15) is 0 Å². The molecule has 0 aliphatic heterocycles. The molecule has 0 fully saturated rings. The van der Waals surface area contributed by atoms with Gasteiger partial charge in [-0.25, -0.2) is 0 Å². The summed E-state index contributed by atoms with van der Waals surface area (Å²) in [4.78, 5) is 0. The van der Waals surface area contributed by atoms with E-state index in [0.717, 1.165) is 21.3 Å². The van der Waals surface area contributed by atoms with Crippen molar-refractivity contribution in [2.45, 2.75) is 0 Å². The molecule has 0 spiro atoms. The number of halogens is 4. The van der Waals surface area contributed by atoms with Gasteiger partial charge in [0.2, 0.25) is 0 Å². The van der Waals surface area contributed by atoms with E-state index in [1.807, 2.05) is 0 Å². The minimum absolute atomic E-state index is 0.767. The standard InChI is InChI=1S/C11H13F4N2P/c1-16-8-9-17(2)11(16)18(12,13,14,15)10-6-4-3-5-7-10/h3-9H,1-2H3. The predicted octanol–water partition coefficient (Wildman–Crippen LogP) is 2.43. The summed E-state index contributed by atoms with van der Waals surface area (Å²) in [5.74, 6) is 0. The monoisotopic (exact) mass is 280 g/mol. The molecule has 1 aromatic heterocycles. The van der Waals surface area contributed by atoms with Crippen LogP contribution >= 0.6 is 7.19 Å². The van der Waals surface area contributed by atoms with E-state index >= 15 is 0 Å². The number of hydrogen-bond donors (Lipinski definition) is 0. The van der Waals surface area contributed by atoms with Gasteiger partial charge in [0.1, 0.15) is 0 Å². The van der Waals surface area contributed by atoms with Crippen LogP contribution in [-0.2, 0) is 14.1 Å². The molecule has 0 atom stereocenters. The number of benzene rings is 1. The Morgan fingerprint density at radius 1 is 1.06 bits per heavy atom. The Hall–Kier alpha value is -1.42. The van der Waals surface area contributed by atoms with Crippen LogP contribution in [0.15, 0.2) is 42.7 Å². The van der Waals surface area contributed by atoms with E-state index in [2.05, 4.69) is 0 Å². The maximum absolute atomic E-state index is 14.4. The SMILES string of the molecule is Cn1cc[n+](C)c1[P-](F)(F)(F)(F)c1ccccc1. The van der Waals surface area contributed by atoms with Crippen molar-refractivity contribution in [3.05, 3.63) is 42.7 Å². The molecular weight excluding hydrogens is 267 g/mol. The zero-order valence-corrected chi connectivity index (χ0v) is 10.8. The second-order valence-corrected chi connectivity index (χ2v) is 7.59. The normalized spacial score (nSPS) is 16.1. The Labute approximate surface area is 101 Å². The second kappa shape index (κ2) is 3.12. The topological polar surface area (TPSA) is 8.81 Å². The van der Waals surface area contributed by atoms with Gasteiger partial charge < -0.3 is 0 Å². The summed E-state index contributed by atoms with van der Waals surface area (Å²) in [5, 5.41) is -1.22. The van der Waals surface area contributed by atoms with Crippen LogP contribution in [0.2, 0.25) is 0 Å².